The number of aromatic nitrogens is 3. The summed E-state index contributed by atoms with van der Waals surface area (Å²) in [7, 11) is 1.56. The summed E-state index contributed by atoms with van der Waals surface area (Å²) in [4.78, 5) is 14.1. The van der Waals surface area contributed by atoms with Crippen LogP contribution in [-0.4, -0.2) is 28.0 Å². The number of anilines is 1. The maximum absolute atomic E-state index is 12.6. The monoisotopic (exact) mass is 418 g/mol. The lowest BCUT2D eigenvalue weighted by molar-refractivity contribution is 0.0998. The van der Waals surface area contributed by atoms with Crippen LogP contribution in [0.4, 0.5) is 5.69 Å². The van der Waals surface area contributed by atoms with Crippen molar-refractivity contribution >= 4 is 45.2 Å². The predicted octanol–water partition coefficient (Wildman–Crippen LogP) is 5.08. The second-order valence-electron chi connectivity index (χ2n) is 6.61. The highest BCUT2D eigenvalue weighted by atomic mass is 35.5. The number of nitrogens with one attached hydrogen (secondary N) is 1. The lowest BCUT2D eigenvalue weighted by atomic mass is 10.2. The number of carbonyl (C=O) groups excluding carboxylic acids is 1. The van der Waals surface area contributed by atoms with Crippen LogP contribution in [0.1, 0.15) is 10.6 Å². The number of hydrogen-bond acceptors (Lipinski definition) is 5. The van der Waals surface area contributed by atoms with Crippen LogP contribution in [0.25, 0.3) is 27.7 Å². The summed E-state index contributed by atoms with van der Waals surface area (Å²) >= 11 is 6.20. The Morgan fingerprint density at radius 3 is 2.67 bits per heavy atom. The van der Waals surface area contributed by atoms with Gasteiger partial charge in [0.15, 0.2) is 5.76 Å². The Labute approximate surface area is 175 Å². The molecule has 1 N–H and O–H groups in total. The van der Waals surface area contributed by atoms with Crippen LogP contribution in [0.5, 0.6) is 5.75 Å². The first-order chi connectivity index (χ1) is 14.6. The minimum atomic E-state index is -0.333. The van der Waals surface area contributed by atoms with Crippen LogP contribution >= 0.6 is 11.6 Å². The zero-order valence-corrected chi connectivity index (χ0v) is 16.6. The second-order valence-corrected chi connectivity index (χ2v) is 7.02. The highest BCUT2D eigenvalue weighted by Crippen LogP contribution is 2.27. The van der Waals surface area contributed by atoms with E-state index in [9.17, 15) is 4.79 Å². The number of nitrogens with zero attached hydrogens (tertiary/aromatic N) is 3. The molecule has 2 aromatic heterocycles. The molecule has 0 atom stereocenters. The number of methoxy groups -OCH3 is 1. The molecule has 5 rings (SSSR count). The average Bonchev–Trinajstić information content (AvgIpc) is 3.37. The molecule has 1 amide bonds. The number of halogens is 1. The summed E-state index contributed by atoms with van der Waals surface area (Å²) in [6, 6.07) is 19.8. The van der Waals surface area contributed by atoms with E-state index in [0.29, 0.717) is 38.8 Å². The van der Waals surface area contributed by atoms with Gasteiger partial charge >= 0.3 is 0 Å². The van der Waals surface area contributed by atoms with E-state index in [2.05, 4.69) is 15.5 Å². The normalized spacial score (nSPS) is 11.1. The van der Waals surface area contributed by atoms with E-state index in [4.69, 9.17) is 20.8 Å². The largest absolute Gasteiger partial charge is 0.495 e. The topological polar surface area (TPSA) is 82.2 Å². The Kier molecular flexibility index (Phi) is 4.37. The standard InChI is InChI=1S/C22H15ClN4O3/c1-29-20-9-7-15(12-16(20)23)27-25-17-8-6-14(11-18(17)26-27)24-22(28)21-10-13-4-2-3-5-19(13)30-21/h2-12H,1H3,(H,24,28). The number of hydrogen-bond donors (Lipinski definition) is 1. The van der Waals surface area contributed by atoms with Gasteiger partial charge < -0.3 is 14.5 Å². The van der Waals surface area contributed by atoms with Crippen molar-refractivity contribution in [1.82, 2.24) is 15.0 Å². The van der Waals surface area contributed by atoms with Gasteiger partial charge in [-0.1, -0.05) is 29.8 Å². The van der Waals surface area contributed by atoms with Gasteiger partial charge in [-0.15, -0.1) is 10.2 Å². The van der Waals surface area contributed by atoms with Gasteiger partial charge in [0, 0.05) is 11.1 Å². The molecule has 0 fully saturated rings. The van der Waals surface area contributed by atoms with Crippen LogP contribution in [0, 0.1) is 0 Å². The summed E-state index contributed by atoms with van der Waals surface area (Å²) < 4.78 is 10.8. The van der Waals surface area contributed by atoms with E-state index in [1.807, 2.05) is 30.3 Å². The second kappa shape index (κ2) is 7.20. The summed E-state index contributed by atoms with van der Waals surface area (Å²) in [6.07, 6.45) is 0. The molecule has 0 spiro atoms. The molecule has 0 radical (unpaired) electrons. The van der Waals surface area contributed by atoms with Gasteiger partial charge in [0.1, 0.15) is 22.4 Å². The molecule has 8 heteroatoms. The molecule has 0 aliphatic carbocycles. The fraction of sp³-hybridized carbons (Fsp3) is 0.0455. The average molecular weight is 419 g/mol. The lowest BCUT2D eigenvalue weighted by Crippen LogP contribution is -2.10. The minimum absolute atomic E-state index is 0.243. The zero-order valence-electron chi connectivity index (χ0n) is 15.8. The van der Waals surface area contributed by atoms with Crippen molar-refractivity contribution in [2.24, 2.45) is 0 Å². The molecule has 0 saturated heterocycles. The first-order valence-electron chi connectivity index (χ1n) is 9.12. The van der Waals surface area contributed by atoms with Gasteiger partial charge in [-0.3, -0.25) is 4.79 Å². The van der Waals surface area contributed by atoms with E-state index in [0.717, 1.165) is 5.39 Å². The Balaban J connectivity index is 1.42. The van der Waals surface area contributed by atoms with Crippen molar-refractivity contribution in [3.05, 3.63) is 77.5 Å². The molecule has 7 nitrogen and oxygen atoms in total. The Bertz CT molecular complexity index is 1370. The third-order valence-corrected chi connectivity index (χ3v) is 4.95. The van der Waals surface area contributed by atoms with Crippen molar-refractivity contribution in [3.8, 4) is 11.4 Å². The van der Waals surface area contributed by atoms with Crippen molar-refractivity contribution in [2.45, 2.75) is 0 Å². The lowest BCUT2D eigenvalue weighted by Gasteiger charge is -2.04. The van der Waals surface area contributed by atoms with Crippen molar-refractivity contribution in [3.63, 3.8) is 0 Å². The number of furan rings is 1. The van der Waals surface area contributed by atoms with E-state index in [-0.39, 0.29) is 11.7 Å². The number of rotatable bonds is 4. The van der Waals surface area contributed by atoms with Crippen LogP contribution in [0.3, 0.4) is 0 Å². The first-order valence-corrected chi connectivity index (χ1v) is 9.49. The highest BCUT2D eigenvalue weighted by molar-refractivity contribution is 6.32. The van der Waals surface area contributed by atoms with Gasteiger partial charge in [0.25, 0.3) is 5.91 Å². The number of benzene rings is 3. The highest BCUT2D eigenvalue weighted by Gasteiger charge is 2.14. The maximum atomic E-state index is 12.6. The number of carbonyl (C=O) groups is 1. The van der Waals surface area contributed by atoms with E-state index < -0.39 is 0 Å². The Morgan fingerprint density at radius 1 is 1.03 bits per heavy atom. The summed E-state index contributed by atoms with van der Waals surface area (Å²) in [5.41, 5.74) is 3.27. The fourth-order valence-corrected chi connectivity index (χ4v) is 3.43. The Hall–Kier alpha value is -3.84. The Morgan fingerprint density at radius 2 is 1.87 bits per heavy atom. The van der Waals surface area contributed by atoms with Gasteiger partial charge in [0.2, 0.25) is 0 Å². The van der Waals surface area contributed by atoms with Crippen LogP contribution in [0.15, 0.2) is 71.1 Å². The van der Waals surface area contributed by atoms with Crippen LogP contribution < -0.4 is 10.1 Å². The van der Waals surface area contributed by atoms with Crippen LogP contribution in [0.2, 0.25) is 5.02 Å². The molecule has 0 saturated carbocycles. The molecular formula is C22H15ClN4O3. The van der Waals surface area contributed by atoms with E-state index in [1.165, 1.54) is 4.80 Å². The number of amides is 1. The molecule has 0 unspecified atom stereocenters. The SMILES string of the molecule is COc1ccc(-n2nc3ccc(NC(=O)c4cc5ccccc5o4)cc3n2)cc1Cl. The smallest absolute Gasteiger partial charge is 0.291 e. The van der Waals surface area contributed by atoms with Crippen molar-refractivity contribution < 1.29 is 13.9 Å². The van der Waals surface area contributed by atoms with Gasteiger partial charge in [-0.25, -0.2) is 0 Å². The molecule has 2 heterocycles. The number of ether oxygens (including phenoxy) is 1. The van der Waals surface area contributed by atoms with Crippen molar-refractivity contribution in [2.75, 3.05) is 12.4 Å². The van der Waals surface area contributed by atoms with Gasteiger partial charge in [0.05, 0.1) is 17.8 Å². The van der Waals surface area contributed by atoms with Crippen LogP contribution in [-0.2, 0) is 0 Å². The van der Waals surface area contributed by atoms with E-state index in [1.54, 1.807) is 43.5 Å². The minimum Gasteiger partial charge on any atom is -0.495 e. The quantitative estimate of drug-likeness (QED) is 0.440. The molecule has 0 aliphatic rings. The molecule has 3 aromatic carbocycles. The third kappa shape index (κ3) is 3.25. The summed E-state index contributed by atoms with van der Waals surface area (Å²) in [5, 5.41) is 13.1. The number of fused-ring (bicyclic) bond motifs is 2. The van der Waals surface area contributed by atoms with Gasteiger partial charge in [-0.2, -0.15) is 4.80 Å². The summed E-state index contributed by atoms with van der Waals surface area (Å²) in [5.74, 6) is 0.486. The molecule has 5 aromatic rings. The molecule has 0 bridgehead atoms. The maximum Gasteiger partial charge on any atom is 0.291 e. The number of para-hydroxylation sites is 1. The summed E-state index contributed by atoms with van der Waals surface area (Å²) in [6.45, 7) is 0. The molecule has 148 valence electrons. The molecule has 0 aliphatic heterocycles. The molecular weight excluding hydrogens is 404 g/mol. The van der Waals surface area contributed by atoms with Gasteiger partial charge in [-0.05, 0) is 48.5 Å². The third-order valence-electron chi connectivity index (χ3n) is 4.65. The molecule has 30 heavy (non-hydrogen) atoms. The fourth-order valence-electron chi connectivity index (χ4n) is 3.17. The zero-order chi connectivity index (χ0) is 20.7. The predicted molar refractivity (Wildman–Crippen MR) is 115 cm³/mol. The van der Waals surface area contributed by atoms with E-state index >= 15 is 0 Å². The van der Waals surface area contributed by atoms with Crippen molar-refractivity contribution in [1.29, 1.82) is 0 Å². The first kappa shape index (κ1) is 18.2.